The molecule has 0 radical (unpaired) electrons. The number of carbonyl (C=O) groups is 2. The monoisotopic (exact) mass is 499 g/mol. The molecule has 5 fully saturated rings. The van der Waals surface area contributed by atoms with E-state index in [4.69, 9.17) is 4.74 Å². The summed E-state index contributed by atoms with van der Waals surface area (Å²) >= 11 is 1.59. The molecule has 35 heavy (non-hydrogen) atoms. The Morgan fingerprint density at radius 3 is 2.23 bits per heavy atom. The normalized spacial score (nSPS) is 33.1. The summed E-state index contributed by atoms with van der Waals surface area (Å²) in [5.41, 5.74) is 1.72. The Bertz CT molecular complexity index is 923. The van der Waals surface area contributed by atoms with Gasteiger partial charge < -0.3 is 10.1 Å². The molecule has 0 spiro atoms. The van der Waals surface area contributed by atoms with E-state index in [9.17, 15) is 9.59 Å². The summed E-state index contributed by atoms with van der Waals surface area (Å²) in [6.45, 7) is 4.49. The van der Waals surface area contributed by atoms with Crippen molar-refractivity contribution >= 4 is 28.2 Å². The molecule has 6 aliphatic rings. The van der Waals surface area contributed by atoms with Gasteiger partial charge in [-0.3, -0.25) is 14.6 Å². The van der Waals surface area contributed by atoms with E-state index >= 15 is 0 Å². The smallest absolute Gasteiger partial charge is 0.341 e. The lowest BCUT2D eigenvalue weighted by Crippen LogP contribution is -2.60. The SMILES string of the molecule is COC(=O)c1c(NC(=O)CN2CCN(C3C4CC5CC(C4)CC3C5)CC2)sc2c1CCCCCC2. The number of hydrogen-bond acceptors (Lipinski definition) is 6. The van der Waals surface area contributed by atoms with Crippen LogP contribution in [-0.2, 0) is 22.4 Å². The number of nitrogens with zero attached hydrogens (tertiary/aromatic N) is 2. The van der Waals surface area contributed by atoms with Gasteiger partial charge in [0, 0.05) is 37.1 Å². The van der Waals surface area contributed by atoms with Crippen LogP contribution in [0.1, 0.15) is 78.6 Å². The number of fused-ring (bicyclic) bond motifs is 1. The molecule has 192 valence electrons. The molecule has 5 aliphatic carbocycles. The van der Waals surface area contributed by atoms with E-state index in [1.807, 2.05) is 0 Å². The lowest BCUT2D eigenvalue weighted by molar-refractivity contribution is -0.118. The fraction of sp³-hybridized carbons (Fsp3) is 0.786. The number of carbonyl (C=O) groups excluding carboxylic acids is 2. The van der Waals surface area contributed by atoms with E-state index in [2.05, 4.69) is 15.1 Å². The van der Waals surface area contributed by atoms with Crippen molar-refractivity contribution in [3.8, 4) is 0 Å². The van der Waals surface area contributed by atoms with E-state index in [1.54, 1.807) is 11.3 Å². The first kappa shape index (κ1) is 23.9. The van der Waals surface area contributed by atoms with Crippen molar-refractivity contribution in [2.45, 2.75) is 76.7 Å². The first-order valence-electron chi connectivity index (χ1n) is 14.1. The van der Waals surface area contributed by atoms with Crippen molar-refractivity contribution in [1.82, 2.24) is 9.80 Å². The maximum Gasteiger partial charge on any atom is 0.341 e. The highest BCUT2D eigenvalue weighted by atomic mass is 32.1. The number of hydrogen-bond donors (Lipinski definition) is 1. The zero-order chi connectivity index (χ0) is 23.9. The standard InChI is InChI=1S/C28H41N3O3S/c1-34-28(33)25-22-6-4-2-3-5-7-23(22)35-27(25)29-24(32)17-30-8-10-31(11-9-30)26-20-13-18-12-19(15-20)16-21(26)14-18/h18-21,26H,2-17H2,1H3,(H,29,32). The predicted molar refractivity (Wildman–Crippen MR) is 139 cm³/mol. The second kappa shape index (κ2) is 10.1. The van der Waals surface area contributed by atoms with Crippen molar-refractivity contribution in [2.75, 3.05) is 45.2 Å². The summed E-state index contributed by atoms with van der Waals surface area (Å²) in [6.07, 6.45) is 13.9. The third kappa shape index (κ3) is 4.80. The number of anilines is 1. The fourth-order valence-corrected chi connectivity index (χ4v) is 9.70. The topological polar surface area (TPSA) is 61.9 Å². The van der Waals surface area contributed by atoms with Crippen LogP contribution in [-0.4, -0.2) is 67.6 Å². The Hall–Kier alpha value is -1.44. The van der Waals surface area contributed by atoms with Crippen molar-refractivity contribution in [3.05, 3.63) is 16.0 Å². The third-order valence-electron chi connectivity index (χ3n) is 9.69. The minimum absolute atomic E-state index is 0.00699. The molecule has 1 amide bonds. The Morgan fingerprint density at radius 1 is 0.914 bits per heavy atom. The van der Waals surface area contributed by atoms with Gasteiger partial charge in [0.25, 0.3) is 0 Å². The van der Waals surface area contributed by atoms with Gasteiger partial charge in [0.1, 0.15) is 5.00 Å². The van der Waals surface area contributed by atoms with Crippen LogP contribution in [0.4, 0.5) is 5.00 Å². The molecular weight excluding hydrogens is 458 g/mol. The number of nitrogens with one attached hydrogen (secondary N) is 1. The van der Waals surface area contributed by atoms with Gasteiger partial charge in [-0.15, -0.1) is 11.3 Å². The summed E-state index contributed by atoms with van der Waals surface area (Å²) in [6, 6.07) is 0.798. The molecule has 1 saturated heterocycles. The van der Waals surface area contributed by atoms with Gasteiger partial charge in [-0.05, 0) is 87.0 Å². The van der Waals surface area contributed by atoms with Crippen molar-refractivity contribution in [3.63, 3.8) is 0 Å². The average Bonchev–Trinajstić information content (AvgIpc) is 3.14. The number of ether oxygens (including phenoxy) is 1. The molecule has 0 aromatic carbocycles. The molecule has 1 N–H and O–H groups in total. The first-order valence-corrected chi connectivity index (χ1v) is 14.9. The molecule has 0 atom stereocenters. The maximum absolute atomic E-state index is 13.1. The summed E-state index contributed by atoms with van der Waals surface area (Å²) in [5, 5.41) is 3.81. The lowest BCUT2D eigenvalue weighted by Gasteiger charge is -2.58. The fourth-order valence-electron chi connectivity index (χ4n) is 8.41. The molecule has 7 heteroatoms. The highest BCUT2D eigenvalue weighted by molar-refractivity contribution is 7.17. The second-order valence-corrected chi connectivity index (χ2v) is 13.0. The largest absolute Gasteiger partial charge is 0.465 e. The van der Waals surface area contributed by atoms with Gasteiger partial charge in [-0.25, -0.2) is 4.79 Å². The molecule has 1 aromatic heterocycles. The van der Waals surface area contributed by atoms with Gasteiger partial charge >= 0.3 is 5.97 Å². The first-order chi connectivity index (χ1) is 17.1. The molecule has 1 aliphatic heterocycles. The van der Waals surface area contributed by atoms with Crippen molar-refractivity contribution in [1.29, 1.82) is 0 Å². The van der Waals surface area contributed by atoms with Crippen LogP contribution in [0, 0.1) is 23.7 Å². The quantitative estimate of drug-likeness (QED) is 0.601. The Labute approximate surface area is 213 Å². The molecule has 4 bridgehead atoms. The summed E-state index contributed by atoms with van der Waals surface area (Å²) in [4.78, 5) is 32.0. The summed E-state index contributed by atoms with van der Waals surface area (Å²) in [5.74, 6) is 3.57. The van der Waals surface area contributed by atoms with Gasteiger partial charge in [-0.1, -0.05) is 12.8 Å². The number of amides is 1. The second-order valence-electron chi connectivity index (χ2n) is 11.9. The number of methoxy groups -OCH3 is 1. The van der Waals surface area contributed by atoms with Gasteiger partial charge in [-0.2, -0.15) is 0 Å². The minimum atomic E-state index is -0.317. The maximum atomic E-state index is 13.1. The van der Waals surface area contributed by atoms with Gasteiger partial charge in [0.05, 0.1) is 19.2 Å². The predicted octanol–water partition coefficient (Wildman–Crippen LogP) is 4.57. The van der Waals surface area contributed by atoms with Crippen LogP contribution in [0.15, 0.2) is 0 Å². The van der Waals surface area contributed by atoms with Gasteiger partial charge in [0.15, 0.2) is 0 Å². The van der Waals surface area contributed by atoms with Crippen LogP contribution in [0.5, 0.6) is 0 Å². The summed E-state index contributed by atoms with van der Waals surface area (Å²) in [7, 11) is 1.43. The van der Waals surface area contributed by atoms with Crippen molar-refractivity contribution in [2.24, 2.45) is 23.7 Å². The van der Waals surface area contributed by atoms with Crippen LogP contribution in [0.3, 0.4) is 0 Å². The molecule has 7 rings (SSSR count). The third-order valence-corrected chi connectivity index (χ3v) is 10.9. The molecule has 2 heterocycles. The molecule has 1 aromatic rings. The van der Waals surface area contributed by atoms with E-state index in [0.717, 1.165) is 87.1 Å². The lowest BCUT2D eigenvalue weighted by atomic mass is 9.54. The number of aryl methyl sites for hydroxylation is 1. The van der Waals surface area contributed by atoms with Crippen LogP contribution in [0.25, 0.3) is 0 Å². The average molecular weight is 500 g/mol. The van der Waals surface area contributed by atoms with E-state index in [0.29, 0.717) is 17.1 Å². The summed E-state index contributed by atoms with van der Waals surface area (Å²) < 4.78 is 5.12. The zero-order valence-corrected chi connectivity index (χ0v) is 22.0. The van der Waals surface area contributed by atoms with E-state index in [1.165, 1.54) is 56.9 Å². The number of thiophene rings is 1. The number of esters is 1. The molecule has 4 saturated carbocycles. The van der Waals surface area contributed by atoms with Crippen LogP contribution >= 0.6 is 11.3 Å². The molecule has 0 unspecified atom stereocenters. The van der Waals surface area contributed by atoms with Crippen molar-refractivity contribution < 1.29 is 14.3 Å². The Kier molecular flexibility index (Phi) is 6.93. The minimum Gasteiger partial charge on any atom is -0.465 e. The van der Waals surface area contributed by atoms with Crippen LogP contribution < -0.4 is 5.32 Å². The Balaban J connectivity index is 1.06. The number of piperazine rings is 1. The van der Waals surface area contributed by atoms with Gasteiger partial charge in [0.2, 0.25) is 5.91 Å². The van der Waals surface area contributed by atoms with Crippen LogP contribution in [0.2, 0.25) is 0 Å². The zero-order valence-electron chi connectivity index (χ0n) is 21.2. The highest BCUT2D eigenvalue weighted by Crippen LogP contribution is 2.55. The Morgan fingerprint density at radius 2 is 1.57 bits per heavy atom. The molecule has 6 nitrogen and oxygen atoms in total. The highest BCUT2D eigenvalue weighted by Gasteiger charge is 2.50. The van der Waals surface area contributed by atoms with E-state index < -0.39 is 0 Å². The number of rotatable bonds is 5. The molecular formula is C28H41N3O3S. The van der Waals surface area contributed by atoms with E-state index in [-0.39, 0.29) is 11.9 Å².